The van der Waals surface area contributed by atoms with E-state index in [2.05, 4.69) is 17.4 Å². The highest BCUT2D eigenvalue weighted by atomic mass is 16.5. The summed E-state index contributed by atoms with van der Waals surface area (Å²) < 4.78 is 5.36. The summed E-state index contributed by atoms with van der Waals surface area (Å²) in [6.45, 7) is 2.94. The number of nitrogens with one attached hydrogen (secondary N) is 1. The third-order valence-corrected chi connectivity index (χ3v) is 7.57. The van der Waals surface area contributed by atoms with Crippen LogP contribution < -0.4 is 10.1 Å². The van der Waals surface area contributed by atoms with Crippen LogP contribution in [0.25, 0.3) is 0 Å². The molecule has 3 nitrogen and oxygen atoms in total. The number of hydrogen-bond acceptors (Lipinski definition) is 3. The first-order chi connectivity index (χ1) is 14.2. The second-order valence-electron chi connectivity index (χ2n) is 9.61. The molecule has 2 unspecified atom stereocenters. The first kappa shape index (κ1) is 22.6. The molecule has 164 valence electrons. The fraction of sp³-hybridized carbons (Fsp3) is 0.769. The van der Waals surface area contributed by atoms with Crippen LogP contribution >= 0.6 is 0 Å². The quantitative estimate of drug-likeness (QED) is 0.525. The molecule has 1 aromatic rings. The molecule has 0 saturated heterocycles. The second-order valence-corrected chi connectivity index (χ2v) is 9.61. The number of aliphatic hydroxyl groups is 1. The zero-order chi connectivity index (χ0) is 20.5. The van der Waals surface area contributed by atoms with Crippen molar-refractivity contribution in [3.05, 3.63) is 29.8 Å². The van der Waals surface area contributed by atoms with Gasteiger partial charge in [-0.3, -0.25) is 0 Å². The average Bonchev–Trinajstić information content (AvgIpc) is 2.77. The van der Waals surface area contributed by atoms with Crippen LogP contribution in [0.1, 0.15) is 83.1 Å². The van der Waals surface area contributed by atoms with Gasteiger partial charge in [0.2, 0.25) is 0 Å². The van der Waals surface area contributed by atoms with Gasteiger partial charge >= 0.3 is 0 Å². The van der Waals surface area contributed by atoms with E-state index in [1.165, 1.54) is 76.2 Å². The van der Waals surface area contributed by atoms with Gasteiger partial charge in [0.25, 0.3) is 0 Å². The predicted molar refractivity (Wildman–Crippen MR) is 121 cm³/mol. The SMILES string of the molecule is COc1cccc(CC(NCCC(C2CCCCC2)C2CCCCC2)C(C)O)c1. The van der Waals surface area contributed by atoms with Crippen molar-refractivity contribution in [2.24, 2.45) is 17.8 Å². The molecule has 2 saturated carbocycles. The lowest BCUT2D eigenvalue weighted by Crippen LogP contribution is -2.42. The number of rotatable bonds is 10. The highest BCUT2D eigenvalue weighted by Gasteiger charge is 2.31. The third-order valence-electron chi connectivity index (χ3n) is 7.57. The Balaban J connectivity index is 1.56. The minimum Gasteiger partial charge on any atom is -0.497 e. The van der Waals surface area contributed by atoms with Gasteiger partial charge in [-0.25, -0.2) is 0 Å². The summed E-state index contributed by atoms with van der Waals surface area (Å²) in [7, 11) is 1.71. The molecule has 1 aromatic carbocycles. The molecule has 3 heteroatoms. The number of hydrogen-bond donors (Lipinski definition) is 2. The van der Waals surface area contributed by atoms with Gasteiger partial charge in [-0.1, -0.05) is 76.3 Å². The molecule has 0 spiro atoms. The smallest absolute Gasteiger partial charge is 0.119 e. The molecule has 2 aliphatic rings. The summed E-state index contributed by atoms with van der Waals surface area (Å²) in [4.78, 5) is 0. The molecular formula is C26H43NO2. The van der Waals surface area contributed by atoms with Gasteiger partial charge in [-0.05, 0) is 61.8 Å². The Morgan fingerprint density at radius 2 is 1.62 bits per heavy atom. The molecule has 0 radical (unpaired) electrons. The van der Waals surface area contributed by atoms with E-state index in [1.54, 1.807) is 7.11 Å². The van der Waals surface area contributed by atoms with Crippen LogP contribution in [0.3, 0.4) is 0 Å². The van der Waals surface area contributed by atoms with Gasteiger partial charge in [-0.15, -0.1) is 0 Å². The normalized spacial score (nSPS) is 21.2. The van der Waals surface area contributed by atoms with Crippen LogP contribution in [0.5, 0.6) is 5.75 Å². The summed E-state index contributed by atoms with van der Waals surface area (Å²) in [5.41, 5.74) is 1.22. The molecule has 0 heterocycles. The van der Waals surface area contributed by atoms with Gasteiger partial charge in [0.05, 0.1) is 13.2 Å². The van der Waals surface area contributed by atoms with E-state index >= 15 is 0 Å². The Labute approximate surface area is 178 Å². The van der Waals surface area contributed by atoms with Gasteiger partial charge in [0.15, 0.2) is 0 Å². The fourth-order valence-corrected chi connectivity index (χ4v) is 5.88. The maximum Gasteiger partial charge on any atom is 0.119 e. The summed E-state index contributed by atoms with van der Waals surface area (Å²) in [5, 5.41) is 14.1. The van der Waals surface area contributed by atoms with Gasteiger partial charge < -0.3 is 15.2 Å². The zero-order valence-corrected chi connectivity index (χ0v) is 18.7. The van der Waals surface area contributed by atoms with Gasteiger partial charge in [-0.2, -0.15) is 0 Å². The Hall–Kier alpha value is -1.06. The van der Waals surface area contributed by atoms with Gasteiger partial charge in [0.1, 0.15) is 5.75 Å². The summed E-state index contributed by atoms with van der Waals surface area (Å²) >= 11 is 0. The summed E-state index contributed by atoms with van der Waals surface area (Å²) in [6.07, 6.45) is 16.2. The van der Waals surface area contributed by atoms with E-state index < -0.39 is 0 Å². The standard InChI is InChI=1S/C26H43NO2/c1-20(28)26(19-21-10-9-15-24(18-21)29-2)27-17-16-25(22-11-5-3-6-12-22)23-13-7-4-8-14-23/h9-10,15,18,20,22-23,25-28H,3-8,11-14,16-17,19H2,1-2H3. The molecule has 0 bridgehead atoms. The number of methoxy groups -OCH3 is 1. The Morgan fingerprint density at radius 1 is 1.00 bits per heavy atom. The first-order valence-electron chi connectivity index (χ1n) is 12.2. The van der Waals surface area contributed by atoms with Crippen molar-refractivity contribution in [1.82, 2.24) is 5.32 Å². The van der Waals surface area contributed by atoms with Crippen LogP contribution in [0.4, 0.5) is 0 Å². The van der Waals surface area contributed by atoms with Crippen molar-refractivity contribution in [3.8, 4) is 5.75 Å². The molecule has 2 fully saturated rings. The van der Waals surface area contributed by atoms with Crippen molar-refractivity contribution >= 4 is 0 Å². The molecule has 2 N–H and O–H groups in total. The summed E-state index contributed by atoms with van der Waals surface area (Å²) in [6, 6.07) is 8.33. The van der Waals surface area contributed by atoms with E-state index in [0.717, 1.165) is 36.5 Å². The number of benzene rings is 1. The van der Waals surface area contributed by atoms with Gasteiger partial charge in [0, 0.05) is 6.04 Å². The van der Waals surface area contributed by atoms with Crippen LogP contribution in [-0.4, -0.2) is 30.9 Å². The monoisotopic (exact) mass is 401 g/mol. The highest BCUT2D eigenvalue weighted by Crippen LogP contribution is 2.41. The maximum atomic E-state index is 10.4. The lowest BCUT2D eigenvalue weighted by atomic mass is 9.68. The van der Waals surface area contributed by atoms with Crippen molar-refractivity contribution in [3.63, 3.8) is 0 Å². The molecule has 0 amide bonds. The van der Waals surface area contributed by atoms with Crippen LogP contribution in [0.15, 0.2) is 24.3 Å². The largest absolute Gasteiger partial charge is 0.497 e. The van der Waals surface area contributed by atoms with Crippen molar-refractivity contribution < 1.29 is 9.84 Å². The average molecular weight is 402 g/mol. The third kappa shape index (κ3) is 7.00. The molecule has 29 heavy (non-hydrogen) atoms. The van der Waals surface area contributed by atoms with Crippen LogP contribution in [0, 0.1) is 17.8 Å². The molecule has 3 rings (SSSR count). The fourth-order valence-electron chi connectivity index (χ4n) is 5.88. The van der Waals surface area contributed by atoms with Crippen LogP contribution in [0.2, 0.25) is 0 Å². The minimum absolute atomic E-state index is 0.0977. The van der Waals surface area contributed by atoms with E-state index in [0.29, 0.717) is 0 Å². The molecular weight excluding hydrogens is 358 g/mol. The highest BCUT2D eigenvalue weighted by molar-refractivity contribution is 5.29. The number of ether oxygens (including phenoxy) is 1. The van der Waals surface area contributed by atoms with E-state index in [-0.39, 0.29) is 12.1 Å². The van der Waals surface area contributed by atoms with Crippen molar-refractivity contribution in [2.45, 2.75) is 96.1 Å². The topological polar surface area (TPSA) is 41.5 Å². The Morgan fingerprint density at radius 3 is 2.17 bits per heavy atom. The minimum atomic E-state index is -0.357. The number of aliphatic hydroxyl groups excluding tert-OH is 1. The lowest BCUT2D eigenvalue weighted by molar-refractivity contribution is 0.121. The lowest BCUT2D eigenvalue weighted by Gasteiger charge is -2.38. The molecule has 2 atom stereocenters. The van der Waals surface area contributed by atoms with E-state index in [4.69, 9.17) is 4.74 Å². The summed E-state index contributed by atoms with van der Waals surface area (Å²) in [5.74, 6) is 3.66. The maximum absolute atomic E-state index is 10.4. The van der Waals surface area contributed by atoms with Crippen LogP contribution in [-0.2, 0) is 6.42 Å². The molecule has 0 aliphatic heterocycles. The predicted octanol–water partition coefficient (Wildman–Crippen LogP) is 5.74. The zero-order valence-electron chi connectivity index (χ0n) is 18.7. The molecule has 2 aliphatic carbocycles. The molecule has 0 aromatic heterocycles. The van der Waals surface area contributed by atoms with Crippen molar-refractivity contribution in [2.75, 3.05) is 13.7 Å². The second kappa shape index (κ2) is 12.0. The van der Waals surface area contributed by atoms with E-state index in [1.807, 2.05) is 19.1 Å². The first-order valence-corrected chi connectivity index (χ1v) is 12.2. The van der Waals surface area contributed by atoms with E-state index in [9.17, 15) is 5.11 Å². The Kier molecular flexibility index (Phi) is 9.33. The van der Waals surface area contributed by atoms with Crippen molar-refractivity contribution in [1.29, 1.82) is 0 Å². The Bertz CT molecular complexity index is 558.